The fourth-order valence-corrected chi connectivity index (χ4v) is 2.70. The van der Waals surface area contributed by atoms with Gasteiger partial charge in [-0.1, -0.05) is 12.5 Å². The first-order valence-corrected chi connectivity index (χ1v) is 8.21. The van der Waals surface area contributed by atoms with Gasteiger partial charge in [-0.3, -0.25) is 14.5 Å². The summed E-state index contributed by atoms with van der Waals surface area (Å²) in [5, 5.41) is 5.73. The molecule has 1 aliphatic heterocycles. The molecule has 23 heavy (non-hydrogen) atoms. The normalized spacial score (nSPS) is 15.2. The lowest BCUT2D eigenvalue weighted by Crippen LogP contribution is -2.36. The van der Waals surface area contributed by atoms with Gasteiger partial charge in [-0.05, 0) is 50.6 Å². The Bertz CT molecular complexity index is 554. The van der Waals surface area contributed by atoms with Gasteiger partial charge in [-0.25, -0.2) is 0 Å². The number of aryl methyl sites for hydroxylation is 1. The van der Waals surface area contributed by atoms with Gasteiger partial charge in [-0.2, -0.15) is 0 Å². The largest absolute Gasteiger partial charge is 0.330 e. The Kier molecular flexibility index (Phi) is 6.55. The summed E-state index contributed by atoms with van der Waals surface area (Å²) in [7, 11) is 0. The zero-order valence-electron chi connectivity index (χ0n) is 13.7. The summed E-state index contributed by atoms with van der Waals surface area (Å²) in [6, 6.07) is 5.50. The zero-order valence-corrected chi connectivity index (χ0v) is 13.7. The van der Waals surface area contributed by atoms with Crippen LogP contribution in [0.4, 0.5) is 11.4 Å². The van der Waals surface area contributed by atoms with Crippen LogP contribution in [0, 0.1) is 6.92 Å². The summed E-state index contributed by atoms with van der Waals surface area (Å²) in [6.07, 6.45) is 3.86. The number of rotatable bonds is 6. The molecule has 0 saturated carbocycles. The molecule has 4 N–H and O–H groups in total. The maximum Gasteiger partial charge on any atom is 0.238 e. The summed E-state index contributed by atoms with van der Waals surface area (Å²) in [5.41, 5.74) is 7.74. The van der Waals surface area contributed by atoms with E-state index in [4.69, 9.17) is 5.73 Å². The number of carbonyl (C=O) groups excluding carboxylic acids is 2. The van der Waals surface area contributed by atoms with E-state index in [0.29, 0.717) is 18.8 Å². The Morgan fingerprint density at radius 3 is 2.57 bits per heavy atom. The number of hydrogen-bond donors (Lipinski definition) is 3. The smallest absolute Gasteiger partial charge is 0.238 e. The second kappa shape index (κ2) is 8.64. The predicted octanol–water partition coefficient (Wildman–Crippen LogP) is 1.71. The lowest BCUT2D eigenvalue weighted by molar-refractivity contribution is -0.117. The maximum atomic E-state index is 12.2. The van der Waals surface area contributed by atoms with Crippen molar-refractivity contribution in [2.24, 2.45) is 5.73 Å². The molecular formula is C17H26N4O2. The third-order valence-electron chi connectivity index (χ3n) is 3.98. The Labute approximate surface area is 137 Å². The summed E-state index contributed by atoms with van der Waals surface area (Å²) in [5.74, 6) is -0.137. The van der Waals surface area contributed by atoms with Crippen molar-refractivity contribution in [1.29, 1.82) is 0 Å². The molecule has 1 aromatic rings. The molecule has 2 amide bonds. The summed E-state index contributed by atoms with van der Waals surface area (Å²) in [4.78, 5) is 26.0. The number of nitrogens with two attached hydrogens (primary N) is 1. The SMILES string of the molecule is Cc1ccc(NC(=O)CCN)cc1NC(=O)CN1CCCCC1. The molecule has 0 unspecified atom stereocenters. The summed E-state index contributed by atoms with van der Waals surface area (Å²) < 4.78 is 0. The lowest BCUT2D eigenvalue weighted by Gasteiger charge is -2.25. The number of anilines is 2. The van der Waals surface area contributed by atoms with E-state index < -0.39 is 0 Å². The van der Waals surface area contributed by atoms with E-state index in [1.165, 1.54) is 6.42 Å². The molecule has 126 valence electrons. The molecule has 1 aromatic carbocycles. The van der Waals surface area contributed by atoms with Gasteiger partial charge in [0.25, 0.3) is 0 Å². The second-order valence-corrected chi connectivity index (χ2v) is 6.00. The van der Waals surface area contributed by atoms with Crippen molar-refractivity contribution < 1.29 is 9.59 Å². The molecular weight excluding hydrogens is 292 g/mol. The molecule has 6 heteroatoms. The number of benzene rings is 1. The first-order valence-electron chi connectivity index (χ1n) is 8.21. The minimum Gasteiger partial charge on any atom is -0.330 e. The van der Waals surface area contributed by atoms with Gasteiger partial charge in [0.15, 0.2) is 0 Å². The van der Waals surface area contributed by atoms with Crippen molar-refractivity contribution in [3.8, 4) is 0 Å². The molecule has 0 radical (unpaired) electrons. The highest BCUT2D eigenvalue weighted by Gasteiger charge is 2.14. The second-order valence-electron chi connectivity index (χ2n) is 6.00. The van der Waals surface area contributed by atoms with E-state index >= 15 is 0 Å². The molecule has 6 nitrogen and oxygen atoms in total. The molecule has 1 saturated heterocycles. The van der Waals surface area contributed by atoms with Crippen LogP contribution in [0.3, 0.4) is 0 Å². The van der Waals surface area contributed by atoms with Crippen LogP contribution in [-0.4, -0.2) is 42.9 Å². The summed E-state index contributed by atoms with van der Waals surface area (Å²) >= 11 is 0. The number of likely N-dealkylation sites (tertiary alicyclic amines) is 1. The first-order chi connectivity index (χ1) is 11.1. The van der Waals surface area contributed by atoms with Crippen molar-refractivity contribution in [2.75, 3.05) is 36.8 Å². The van der Waals surface area contributed by atoms with Gasteiger partial charge in [0.2, 0.25) is 11.8 Å². The van der Waals surface area contributed by atoms with Crippen molar-refractivity contribution in [2.45, 2.75) is 32.6 Å². The van der Waals surface area contributed by atoms with Crippen molar-refractivity contribution in [3.05, 3.63) is 23.8 Å². The van der Waals surface area contributed by atoms with Crippen LogP contribution in [0.2, 0.25) is 0 Å². The predicted molar refractivity (Wildman–Crippen MR) is 92.4 cm³/mol. The Morgan fingerprint density at radius 2 is 1.87 bits per heavy atom. The van der Waals surface area contributed by atoms with Crippen LogP contribution in [0.25, 0.3) is 0 Å². The molecule has 1 aliphatic rings. The van der Waals surface area contributed by atoms with Gasteiger partial charge in [-0.15, -0.1) is 0 Å². The number of nitrogens with zero attached hydrogens (tertiary/aromatic N) is 1. The van der Waals surface area contributed by atoms with E-state index in [2.05, 4.69) is 15.5 Å². The topological polar surface area (TPSA) is 87.5 Å². The Balaban J connectivity index is 1.95. The molecule has 0 aromatic heterocycles. The number of hydrogen-bond acceptors (Lipinski definition) is 4. The van der Waals surface area contributed by atoms with Crippen molar-refractivity contribution >= 4 is 23.2 Å². The molecule has 0 aliphatic carbocycles. The van der Waals surface area contributed by atoms with Gasteiger partial charge in [0, 0.05) is 24.3 Å². The molecule has 1 heterocycles. The monoisotopic (exact) mass is 318 g/mol. The average molecular weight is 318 g/mol. The van der Waals surface area contributed by atoms with Crippen molar-refractivity contribution in [3.63, 3.8) is 0 Å². The fraction of sp³-hybridized carbons (Fsp3) is 0.529. The van der Waals surface area contributed by atoms with Crippen LogP contribution in [0.5, 0.6) is 0 Å². The average Bonchev–Trinajstić information content (AvgIpc) is 2.52. The standard InChI is InChI=1S/C17H26N4O2/c1-13-5-6-14(19-16(22)7-8-18)11-15(13)20-17(23)12-21-9-3-2-4-10-21/h5-6,11H,2-4,7-10,12,18H2,1H3,(H,19,22)(H,20,23). The van der Waals surface area contributed by atoms with Crippen LogP contribution < -0.4 is 16.4 Å². The molecule has 2 rings (SSSR count). The van der Waals surface area contributed by atoms with E-state index in [0.717, 1.165) is 37.2 Å². The third kappa shape index (κ3) is 5.65. The number of carbonyl (C=O) groups is 2. The Hall–Kier alpha value is -1.92. The lowest BCUT2D eigenvalue weighted by atomic mass is 10.1. The van der Waals surface area contributed by atoms with E-state index in [9.17, 15) is 9.59 Å². The molecule has 0 atom stereocenters. The number of piperidine rings is 1. The summed E-state index contributed by atoms with van der Waals surface area (Å²) in [6.45, 7) is 4.64. The quantitative estimate of drug-likeness (QED) is 0.745. The van der Waals surface area contributed by atoms with Crippen LogP contribution in [0.1, 0.15) is 31.2 Å². The van der Waals surface area contributed by atoms with Gasteiger partial charge in [0.05, 0.1) is 6.54 Å². The highest BCUT2D eigenvalue weighted by Crippen LogP contribution is 2.20. The highest BCUT2D eigenvalue weighted by atomic mass is 16.2. The van der Waals surface area contributed by atoms with Crippen LogP contribution in [-0.2, 0) is 9.59 Å². The molecule has 0 spiro atoms. The van der Waals surface area contributed by atoms with Crippen LogP contribution >= 0.6 is 0 Å². The van der Waals surface area contributed by atoms with Gasteiger partial charge < -0.3 is 16.4 Å². The molecule has 0 bridgehead atoms. The number of nitrogens with one attached hydrogen (secondary N) is 2. The van der Waals surface area contributed by atoms with Crippen LogP contribution in [0.15, 0.2) is 18.2 Å². The third-order valence-corrected chi connectivity index (χ3v) is 3.98. The van der Waals surface area contributed by atoms with Gasteiger partial charge >= 0.3 is 0 Å². The highest BCUT2D eigenvalue weighted by molar-refractivity contribution is 5.95. The minimum absolute atomic E-state index is 0.0135. The van der Waals surface area contributed by atoms with Gasteiger partial charge in [0.1, 0.15) is 0 Å². The molecule has 1 fully saturated rings. The first kappa shape index (κ1) is 17.4. The Morgan fingerprint density at radius 1 is 1.13 bits per heavy atom. The van der Waals surface area contributed by atoms with Crippen molar-refractivity contribution in [1.82, 2.24) is 4.90 Å². The zero-order chi connectivity index (χ0) is 16.7. The maximum absolute atomic E-state index is 12.2. The van der Waals surface area contributed by atoms with E-state index in [1.807, 2.05) is 19.1 Å². The fourth-order valence-electron chi connectivity index (χ4n) is 2.70. The van der Waals surface area contributed by atoms with E-state index in [-0.39, 0.29) is 18.2 Å². The number of amides is 2. The van der Waals surface area contributed by atoms with E-state index in [1.54, 1.807) is 6.07 Å². The minimum atomic E-state index is -0.123.